The average molecular weight is 421 g/mol. The summed E-state index contributed by atoms with van der Waals surface area (Å²) in [5.41, 5.74) is 2.56. The Morgan fingerprint density at radius 1 is 1.10 bits per heavy atom. The molecule has 3 aromatic rings. The highest BCUT2D eigenvalue weighted by atomic mass is 32.1. The molecule has 0 aliphatic carbocycles. The quantitative estimate of drug-likeness (QED) is 0.383. The first-order valence-electron chi connectivity index (χ1n) is 9.79. The van der Waals surface area contributed by atoms with Crippen LogP contribution >= 0.6 is 11.3 Å². The van der Waals surface area contributed by atoms with Crippen molar-refractivity contribution in [3.05, 3.63) is 71.3 Å². The highest BCUT2D eigenvalue weighted by Crippen LogP contribution is 2.23. The van der Waals surface area contributed by atoms with Gasteiger partial charge < -0.3 is 10.1 Å². The van der Waals surface area contributed by atoms with Crippen molar-refractivity contribution in [1.29, 1.82) is 0 Å². The van der Waals surface area contributed by atoms with E-state index < -0.39 is 5.97 Å². The van der Waals surface area contributed by atoms with E-state index in [2.05, 4.69) is 24.1 Å². The molecule has 1 heterocycles. The number of hydrogen-bond acceptors (Lipinski definition) is 5. The third-order valence-corrected chi connectivity index (χ3v) is 5.19. The van der Waals surface area contributed by atoms with Crippen LogP contribution < -0.4 is 5.32 Å². The van der Waals surface area contributed by atoms with Crippen LogP contribution in [0.25, 0.3) is 22.4 Å². The van der Waals surface area contributed by atoms with E-state index in [-0.39, 0.29) is 5.91 Å². The lowest BCUT2D eigenvalue weighted by atomic mass is 10.1. The number of carbonyl (C=O) groups is 2. The van der Waals surface area contributed by atoms with Gasteiger partial charge in [-0.05, 0) is 48.2 Å². The maximum Gasteiger partial charge on any atom is 0.330 e. The van der Waals surface area contributed by atoms with E-state index in [1.165, 1.54) is 6.08 Å². The van der Waals surface area contributed by atoms with E-state index in [4.69, 9.17) is 4.74 Å². The van der Waals surface area contributed by atoms with Gasteiger partial charge in [-0.1, -0.05) is 44.2 Å². The van der Waals surface area contributed by atoms with Crippen LogP contribution in [-0.4, -0.2) is 23.5 Å². The molecule has 1 N–H and O–H groups in total. The van der Waals surface area contributed by atoms with Crippen LogP contribution in [0.3, 0.4) is 0 Å². The number of amides is 1. The zero-order chi connectivity index (χ0) is 21.3. The topological polar surface area (TPSA) is 68.3 Å². The van der Waals surface area contributed by atoms with Crippen LogP contribution in [0.1, 0.15) is 30.8 Å². The van der Waals surface area contributed by atoms with Crippen LogP contribution in [-0.2, 0) is 14.3 Å². The van der Waals surface area contributed by atoms with Crippen LogP contribution in [0.4, 0.5) is 5.69 Å². The fraction of sp³-hybridized carbons (Fsp3) is 0.208. The molecule has 0 unspecified atom stereocenters. The molecule has 0 aliphatic heterocycles. The molecule has 0 saturated carbocycles. The molecule has 0 aliphatic rings. The number of esters is 1. The van der Waals surface area contributed by atoms with Gasteiger partial charge in [0.05, 0.1) is 16.8 Å². The molecule has 30 heavy (non-hydrogen) atoms. The summed E-state index contributed by atoms with van der Waals surface area (Å²) in [4.78, 5) is 28.3. The number of fused-ring (bicyclic) bond motifs is 1. The van der Waals surface area contributed by atoms with Gasteiger partial charge in [0, 0.05) is 17.8 Å². The second-order valence-corrected chi connectivity index (χ2v) is 8.21. The number of carbonyl (C=O) groups excluding carboxylic acids is 2. The molecule has 2 aromatic carbocycles. The molecule has 0 spiro atoms. The van der Waals surface area contributed by atoms with Gasteiger partial charge >= 0.3 is 5.97 Å². The van der Waals surface area contributed by atoms with Gasteiger partial charge in [-0.2, -0.15) is 0 Å². The Morgan fingerprint density at radius 3 is 2.73 bits per heavy atom. The molecular formula is C24H24N2O3S. The Labute approximate surface area is 180 Å². The van der Waals surface area contributed by atoms with E-state index in [1.54, 1.807) is 17.4 Å². The van der Waals surface area contributed by atoms with Gasteiger partial charge in [0.1, 0.15) is 5.01 Å². The number of hydrogen-bond donors (Lipinski definition) is 1. The van der Waals surface area contributed by atoms with Crippen molar-refractivity contribution in [2.75, 3.05) is 11.9 Å². The highest BCUT2D eigenvalue weighted by Gasteiger charge is 2.03. The van der Waals surface area contributed by atoms with Gasteiger partial charge in [0.2, 0.25) is 5.91 Å². The average Bonchev–Trinajstić information content (AvgIpc) is 3.14. The van der Waals surface area contributed by atoms with E-state index >= 15 is 0 Å². The summed E-state index contributed by atoms with van der Waals surface area (Å²) in [5.74, 6) is -0.442. The Balaban J connectivity index is 1.56. The number of rotatable bonds is 8. The van der Waals surface area contributed by atoms with Gasteiger partial charge in [-0.3, -0.25) is 4.79 Å². The van der Waals surface area contributed by atoms with Gasteiger partial charge in [-0.25, -0.2) is 9.78 Å². The number of nitrogens with zero attached hydrogens (tertiary/aromatic N) is 1. The fourth-order valence-electron chi connectivity index (χ4n) is 2.62. The highest BCUT2D eigenvalue weighted by molar-refractivity contribution is 7.19. The Morgan fingerprint density at radius 2 is 1.93 bits per heavy atom. The maximum absolute atomic E-state index is 12.1. The molecule has 0 atom stereocenters. The van der Waals surface area contributed by atoms with E-state index in [1.807, 2.05) is 54.6 Å². The van der Waals surface area contributed by atoms with Crippen molar-refractivity contribution >= 4 is 51.3 Å². The summed E-state index contributed by atoms with van der Waals surface area (Å²) < 4.78 is 6.19. The second kappa shape index (κ2) is 10.5. The SMILES string of the molecule is CC(C)CCOC(=O)C=CC(=O)Nc1cccc(C=Cc2nc3ccccc3s2)c1. The minimum Gasteiger partial charge on any atom is -0.463 e. The number of benzene rings is 2. The summed E-state index contributed by atoms with van der Waals surface area (Å²) in [6.07, 6.45) is 7.03. The number of para-hydroxylation sites is 1. The van der Waals surface area contributed by atoms with Gasteiger partial charge in [0.15, 0.2) is 0 Å². The number of thiazole rings is 1. The smallest absolute Gasteiger partial charge is 0.330 e. The molecule has 6 heteroatoms. The molecule has 154 valence electrons. The van der Waals surface area contributed by atoms with Crippen molar-refractivity contribution in [3.8, 4) is 0 Å². The maximum atomic E-state index is 12.1. The van der Waals surface area contributed by atoms with Crippen LogP contribution in [0.2, 0.25) is 0 Å². The first-order chi connectivity index (χ1) is 14.5. The van der Waals surface area contributed by atoms with Crippen molar-refractivity contribution < 1.29 is 14.3 Å². The molecule has 3 rings (SSSR count). The monoisotopic (exact) mass is 420 g/mol. The zero-order valence-electron chi connectivity index (χ0n) is 17.0. The zero-order valence-corrected chi connectivity index (χ0v) is 17.8. The van der Waals surface area contributed by atoms with Crippen molar-refractivity contribution in [3.63, 3.8) is 0 Å². The number of ether oxygens (including phenoxy) is 1. The predicted molar refractivity (Wildman–Crippen MR) is 123 cm³/mol. The molecule has 1 aromatic heterocycles. The van der Waals surface area contributed by atoms with Crippen molar-refractivity contribution in [1.82, 2.24) is 4.98 Å². The molecule has 0 radical (unpaired) electrons. The molecule has 0 saturated heterocycles. The molecule has 0 bridgehead atoms. The fourth-order valence-corrected chi connectivity index (χ4v) is 3.49. The Bertz CT molecular complexity index is 1050. The first kappa shape index (κ1) is 21.5. The standard InChI is InChI=1S/C24H24N2O3S/c1-17(2)14-15-29-24(28)13-11-22(27)25-19-7-5-6-18(16-19)10-12-23-26-20-8-3-4-9-21(20)30-23/h3-13,16-17H,14-15H2,1-2H3,(H,25,27). The number of anilines is 1. The predicted octanol–water partition coefficient (Wildman–Crippen LogP) is 5.55. The van der Waals surface area contributed by atoms with E-state index in [0.717, 1.165) is 33.3 Å². The number of nitrogens with one attached hydrogen (secondary N) is 1. The first-order valence-corrected chi connectivity index (χ1v) is 10.6. The Hall–Kier alpha value is -3.25. The molecule has 1 amide bonds. The van der Waals surface area contributed by atoms with Crippen LogP contribution in [0, 0.1) is 5.92 Å². The summed E-state index contributed by atoms with van der Waals surface area (Å²) in [5, 5.41) is 3.67. The lowest BCUT2D eigenvalue weighted by Gasteiger charge is -2.05. The summed E-state index contributed by atoms with van der Waals surface area (Å²) in [6.45, 7) is 4.46. The summed E-state index contributed by atoms with van der Waals surface area (Å²) in [6, 6.07) is 15.5. The Kier molecular flexibility index (Phi) is 7.51. The van der Waals surface area contributed by atoms with E-state index in [0.29, 0.717) is 18.2 Å². The van der Waals surface area contributed by atoms with Gasteiger partial charge in [0.25, 0.3) is 0 Å². The molecular weight excluding hydrogens is 396 g/mol. The normalized spacial score (nSPS) is 11.6. The largest absolute Gasteiger partial charge is 0.463 e. The minimum absolute atomic E-state index is 0.353. The summed E-state index contributed by atoms with van der Waals surface area (Å²) >= 11 is 1.63. The lowest BCUT2D eigenvalue weighted by Crippen LogP contribution is -2.10. The van der Waals surface area contributed by atoms with E-state index in [9.17, 15) is 9.59 Å². The molecule has 0 fully saturated rings. The third kappa shape index (κ3) is 6.67. The van der Waals surface area contributed by atoms with Crippen LogP contribution in [0.15, 0.2) is 60.7 Å². The molecule has 5 nitrogen and oxygen atoms in total. The minimum atomic E-state index is -0.515. The van der Waals surface area contributed by atoms with Crippen molar-refractivity contribution in [2.45, 2.75) is 20.3 Å². The number of aromatic nitrogens is 1. The van der Waals surface area contributed by atoms with Gasteiger partial charge in [-0.15, -0.1) is 11.3 Å². The summed E-state index contributed by atoms with van der Waals surface area (Å²) in [7, 11) is 0. The lowest BCUT2D eigenvalue weighted by molar-refractivity contribution is -0.138. The second-order valence-electron chi connectivity index (χ2n) is 7.15. The third-order valence-electron chi connectivity index (χ3n) is 4.19. The van der Waals surface area contributed by atoms with Crippen molar-refractivity contribution in [2.24, 2.45) is 5.92 Å². The van der Waals surface area contributed by atoms with Crippen LogP contribution in [0.5, 0.6) is 0 Å².